The first-order valence-electron chi connectivity index (χ1n) is 4.54. The van der Waals surface area contributed by atoms with Crippen LogP contribution in [0.4, 0.5) is 5.69 Å². The Morgan fingerprint density at radius 1 is 1.53 bits per heavy atom. The van der Waals surface area contributed by atoms with E-state index in [1.807, 2.05) is 6.07 Å². The number of carbonyl (C=O) groups excluding carboxylic acids is 2. The number of carbonyl (C=O) groups is 2. The Bertz CT molecular complexity index is 442. The lowest BCUT2D eigenvalue weighted by atomic mass is 10.0. The Hall–Kier alpha value is -1.88. The van der Waals surface area contributed by atoms with E-state index in [-0.39, 0.29) is 18.2 Å². The van der Waals surface area contributed by atoms with Crippen LogP contribution in [0.5, 0.6) is 0 Å². The topological polar surface area (TPSA) is 75.4 Å². The monoisotopic (exact) mass is 205 g/mol. The van der Waals surface area contributed by atoms with Crippen LogP contribution in [0.1, 0.15) is 15.9 Å². The van der Waals surface area contributed by atoms with E-state index in [2.05, 4.69) is 5.43 Å². The van der Waals surface area contributed by atoms with Crippen LogP contribution >= 0.6 is 0 Å². The van der Waals surface area contributed by atoms with Gasteiger partial charge in [-0.25, -0.2) is 5.84 Å². The highest BCUT2D eigenvalue weighted by Crippen LogP contribution is 2.30. The van der Waals surface area contributed by atoms with Gasteiger partial charge in [-0.2, -0.15) is 0 Å². The summed E-state index contributed by atoms with van der Waals surface area (Å²) in [5.74, 6) is 4.69. The van der Waals surface area contributed by atoms with Gasteiger partial charge in [-0.3, -0.25) is 15.0 Å². The number of nitrogens with two attached hydrogens (primary N) is 1. The minimum Gasteiger partial charge on any atom is -0.315 e. The molecule has 0 fully saturated rings. The molecule has 1 aliphatic heterocycles. The molecule has 15 heavy (non-hydrogen) atoms. The maximum absolute atomic E-state index is 11.5. The van der Waals surface area contributed by atoms with E-state index in [1.165, 1.54) is 0 Å². The molecular weight excluding hydrogens is 194 g/mol. The Kier molecular flexibility index (Phi) is 2.17. The first kappa shape index (κ1) is 9.67. The first-order chi connectivity index (χ1) is 7.15. The second-order valence-electron chi connectivity index (χ2n) is 3.41. The molecule has 0 spiro atoms. The Morgan fingerprint density at radius 2 is 2.27 bits per heavy atom. The molecule has 0 unspecified atom stereocenters. The van der Waals surface area contributed by atoms with E-state index >= 15 is 0 Å². The average molecular weight is 205 g/mol. The molecule has 0 radical (unpaired) electrons. The van der Waals surface area contributed by atoms with Gasteiger partial charge in [0.2, 0.25) is 5.91 Å². The zero-order valence-electron chi connectivity index (χ0n) is 8.28. The molecule has 0 saturated carbocycles. The molecule has 2 amide bonds. The maximum Gasteiger partial charge on any atom is 0.265 e. The molecule has 3 N–H and O–H groups in total. The van der Waals surface area contributed by atoms with Crippen LogP contribution in [0.2, 0.25) is 0 Å². The third kappa shape index (κ3) is 1.37. The van der Waals surface area contributed by atoms with Crippen molar-refractivity contribution >= 4 is 17.5 Å². The van der Waals surface area contributed by atoms with Crippen LogP contribution in [-0.4, -0.2) is 18.9 Å². The minimum atomic E-state index is -0.366. The van der Waals surface area contributed by atoms with Crippen LogP contribution in [0.3, 0.4) is 0 Å². The standard InChI is InChI=1S/C10H11N3O2/c1-13-8-4-2-3-6(10(15)12-11)7(8)5-9(13)14/h2-4H,5,11H2,1H3,(H,12,15). The molecule has 0 bridgehead atoms. The summed E-state index contributed by atoms with van der Waals surface area (Å²) in [6.07, 6.45) is 0.259. The molecule has 0 aromatic heterocycles. The van der Waals surface area contributed by atoms with Crippen molar-refractivity contribution in [2.75, 3.05) is 11.9 Å². The van der Waals surface area contributed by atoms with Crippen LogP contribution in [0, 0.1) is 0 Å². The van der Waals surface area contributed by atoms with E-state index in [1.54, 1.807) is 24.1 Å². The number of nitrogens with one attached hydrogen (secondary N) is 1. The molecule has 2 rings (SSSR count). The number of hydrogen-bond acceptors (Lipinski definition) is 3. The van der Waals surface area contributed by atoms with E-state index in [0.717, 1.165) is 11.3 Å². The maximum atomic E-state index is 11.5. The van der Waals surface area contributed by atoms with Crippen LogP contribution in [0.15, 0.2) is 18.2 Å². The van der Waals surface area contributed by atoms with Crippen molar-refractivity contribution in [3.05, 3.63) is 29.3 Å². The largest absolute Gasteiger partial charge is 0.315 e. The van der Waals surface area contributed by atoms with Crippen LogP contribution in [0.25, 0.3) is 0 Å². The summed E-state index contributed by atoms with van der Waals surface area (Å²) < 4.78 is 0. The summed E-state index contributed by atoms with van der Waals surface area (Å²) >= 11 is 0. The Balaban J connectivity index is 2.54. The van der Waals surface area contributed by atoms with Gasteiger partial charge in [0.25, 0.3) is 5.91 Å². The van der Waals surface area contributed by atoms with E-state index in [0.29, 0.717) is 5.56 Å². The predicted octanol–water partition coefficient (Wildman–Crippen LogP) is -0.191. The molecule has 0 saturated heterocycles. The van der Waals surface area contributed by atoms with Gasteiger partial charge < -0.3 is 4.90 Å². The minimum absolute atomic E-state index is 0.0118. The number of anilines is 1. The van der Waals surface area contributed by atoms with Gasteiger partial charge in [0.1, 0.15) is 0 Å². The number of nitrogen functional groups attached to an aromatic ring is 1. The molecule has 5 nitrogen and oxygen atoms in total. The second-order valence-corrected chi connectivity index (χ2v) is 3.41. The average Bonchev–Trinajstić information content (AvgIpc) is 2.54. The molecule has 1 aromatic rings. The van der Waals surface area contributed by atoms with Crippen LogP contribution in [-0.2, 0) is 11.2 Å². The number of amides is 2. The third-order valence-electron chi connectivity index (χ3n) is 2.59. The SMILES string of the molecule is CN1C(=O)Cc2c(C(=O)NN)cccc21. The normalized spacial score (nSPS) is 14.0. The van der Waals surface area contributed by atoms with Gasteiger partial charge in [-0.1, -0.05) is 6.07 Å². The lowest BCUT2D eigenvalue weighted by Crippen LogP contribution is -2.30. The quantitative estimate of drug-likeness (QED) is 0.379. The van der Waals surface area contributed by atoms with Crippen molar-refractivity contribution in [1.82, 2.24) is 5.43 Å². The summed E-state index contributed by atoms with van der Waals surface area (Å²) in [5, 5.41) is 0. The zero-order chi connectivity index (χ0) is 11.0. The van der Waals surface area contributed by atoms with Gasteiger partial charge in [-0.15, -0.1) is 0 Å². The number of hydrazine groups is 1. The molecule has 1 heterocycles. The first-order valence-corrected chi connectivity index (χ1v) is 4.54. The van der Waals surface area contributed by atoms with E-state index in [9.17, 15) is 9.59 Å². The van der Waals surface area contributed by atoms with Gasteiger partial charge in [0, 0.05) is 18.3 Å². The number of nitrogens with zero attached hydrogens (tertiary/aromatic N) is 1. The number of likely N-dealkylation sites (N-methyl/N-ethyl adjacent to an activating group) is 1. The third-order valence-corrected chi connectivity index (χ3v) is 2.59. The second kappa shape index (κ2) is 3.36. The lowest BCUT2D eigenvalue weighted by molar-refractivity contribution is -0.117. The summed E-state index contributed by atoms with van der Waals surface area (Å²) in [6, 6.07) is 5.21. The van der Waals surface area contributed by atoms with Crippen molar-refractivity contribution in [3.63, 3.8) is 0 Å². The summed E-state index contributed by atoms with van der Waals surface area (Å²) in [4.78, 5) is 24.4. The highest BCUT2D eigenvalue weighted by atomic mass is 16.2. The van der Waals surface area contributed by atoms with Crippen molar-refractivity contribution in [2.24, 2.45) is 5.84 Å². The Morgan fingerprint density at radius 3 is 2.93 bits per heavy atom. The van der Waals surface area contributed by atoms with E-state index in [4.69, 9.17) is 5.84 Å². The molecule has 5 heteroatoms. The molecule has 78 valence electrons. The molecular formula is C10H11N3O2. The molecule has 1 aromatic carbocycles. The van der Waals surface area contributed by atoms with Crippen LogP contribution < -0.4 is 16.2 Å². The van der Waals surface area contributed by atoms with Gasteiger partial charge in [-0.05, 0) is 17.7 Å². The number of benzene rings is 1. The number of hydrogen-bond donors (Lipinski definition) is 2. The van der Waals surface area contributed by atoms with Crippen molar-refractivity contribution in [1.29, 1.82) is 0 Å². The fourth-order valence-corrected chi connectivity index (χ4v) is 1.77. The predicted molar refractivity (Wildman–Crippen MR) is 55.2 cm³/mol. The molecule has 0 aliphatic carbocycles. The zero-order valence-corrected chi connectivity index (χ0v) is 8.28. The van der Waals surface area contributed by atoms with Crippen molar-refractivity contribution < 1.29 is 9.59 Å². The van der Waals surface area contributed by atoms with Gasteiger partial charge >= 0.3 is 0 Å². The number of rotatable bonds is 1. The van der Waals surface area contributed by atoms with Crippen molar-refractivity contribution in [2.45, 2.75) is 6.42 Å². The Labute approximate surface area is 86.8 Å². The fourth-order valence-electron chi connectivity index (χ4n) is 1.77. The molecule has 1 aliphatic rings. The highest BCUT2D eigenvalue weighted by molar-refractivity contribution is 6.06. The van der Waals surface area contributed by atoms with Gasteiger partial charge in [0.05, 0.1) is 6.42 Å². The van der Waals surface area contributed by atoms with Crippen molar-refractivity contribution in [3.8, 4) is 0 Å². The highest BCUT2D eigenvalue weighted by Gasteiger charge is 2.27. The van der Waals surface area contributed by atoms with E-state index < -0.39 is 0 Å². The summed E-state index contributed by atoms with van der Waals surface area (Å²) in [6.45, 7) is 0. The smallest absolute Gasteiger partial charge is 0.265 e. The fraction of sp³-hybridized carbons (Fsp3) is 0.200. The summed E-state index contributed by atoms with van der Waals surface area (Å²) in [5.41, 5.74) is 4.06. The lowest BCUT2D eigenvalue weighted by Gasteiger charge is -2.10. The van der Waals surface area contributed by atoms with Gasteiger partial charge in [0.15, 0.2) is 0 Å². The summed E-state index contributed by atoms with van der Waals surface area (Å²) in [7, 11) is 1.69. The molecule has 0 atom stereocenters. The number of fused-ring (bicyclic) bond motifs is 1.